The molecule has 0 unspecified atom stereocenters. The summed E-state index contributed by atoms with van der Waals surface area (Å²) in [6.45, 7) is 3.59. The van der Waals surface area contributed by atoms with E-state index in [0.717, 1.165) is 0 Å². The first-order valence-electron chi connectivity index (χ1n) is 5.59. The van der Waals surface area contributed by atoms with E-state index in [4.69, 9.17) is 0 Å². The molecule has 0 bridgehead atoms. The average Bonchev–Trinajstić information content (AvgIpc) is 2.71. The molecule has 0 radical (unpaired) electrons. The van der Waals surface area contributed by atoms with Crippen LogP contribution in [-0.2, 0) is 10.0 Å². The standard InChI is InChI=1S/C11H13N3O3S2/c1-3-14(9-4-6-12-7-5-9)19(16,17)10-8(2)13-11(15)18-10/h4-7H,3H2,1-2H3,(H,13,15). The molecule has 0 fully saturated rings. The third kappa shape index (κ3) is 2.54. The maximum atomic E-state index is 12.6. The molecule has 2 rings (SSSR count). The molecule has 2 aromatic rings. The van der Waals surface area contributed by atoms with Gasteiger partial charge in [-0.15, -0.1) is 0 Å². The molecule has 19 heavy (non-hydrogen) atoms. The van der Waals surface area contributed by atoms with Crippen LogP contribution in [0.3, 0.4) is 0 Å². The SMILES string of the molecule is CCN(c1ccncc1)S(=O)(=O)c1sc(=O)[nH]c1C. The fourth-order valence-corrected chi connectivity index (χ4v) is 4.61. The van der Waals surface area contributed by atoms with Crippen molar-refractivity contribution in [2.45, 2.75) is 18.1 Å². The number of hydrogen-bond donors (Lipinski definition) is 1. The van der Waals surface area contributed by atoms with Gasteiger partial charge < -0.3 is 4.98 Å². The second-order valence-corrected chi connectivity index (χ2v) is 6.84. The predicted octanol–water partition coefficient (Wildman–Crippen LogP) is 1.36. The second kappa shape index (κ2) is 5.14. The lowest BCUT2D eigenvalue weighted by molar-refractivity contribution is 0.593. The van der Waals surface area contributed by atoms with Gasteiger partial charge in [-0.2, -0.15) is 0 Å². The van der Waals surface area contributed by atoms with Crippen LogP contribution in [0, 0.1) is 6.92 Å². The van der Waals surface area contributed by atoms with Crippen molar-refractivity contribution in [2.75, 3.05) is 10.8 Å². The zero-order valence-corrected chi connectivity index (χ0v) is 12.1. The van der Waals surface area contributed by atoms with Gasteiger partial charge in [-0.1, -0.05) is 11.3 Å². The van der Waals surface area contributed by atoms with Crippen molar-refractivity contribution < 1.29 is 8.42 Å². The van der Waals surface area contributed by atoms with Gasteiger partial charge in [0.05, 0.1) is 5.69 Å². The number of nitrogens with one attached hydrogen (secondary N) is 1. The third-order valence-electron chi connectivity index (χ3n) is 2.54. The van der Waals surface area contributed by atoms with E-state index in [1.165, 1.54) is 16.7 Å². The summed E-state index contributed by atoms with van der Waals surface area (Å²) in [6, 6.07) is 3.23. The van der Waals surface area contributed by atoms with E-state index in [0.29, 0.717) is 22.7 Å². The summed E-state index contributed by atoms with van der Waals surface area (Å²) in [5, 5.41) is 0. The Morgan fingerprint density at radius 2 is 2.00 bits per heavy atom. The van der Waals surface area contributed by atoms with Crippen LogP contribution in [0.1, 0.15) is 12.6 Å². The fraction of sp³-hybridized carbons (Fsp3) is 0.273. The summed E-state index contributed by atoms with van der Waals surface area (Å²) in [6.07, 6.45) is 3.06. The number of thiazole rings is 1. The predicted molar refractivity (Wildman–Crippen MR) is 74.1 cm³/mol. The van der Waals surface area contributed by atoms with Crippen molar-refractivity contribution in [3.05, 3.63) is 39.9 Å². The molecule has 102 valence electrons. The Bertz CT molecular complexity index is 719. The van der Waals surface area contributed by atoms with E-state index in [9.17, 15) is 13.2 Å². The number of H-pyrrole nitrogens is 1. The highest BCUT2D eigenvalue weighted by molar-refractivity contribution is 7.94. The lowest BCUT2D eigenvalue weighted by Gasteiger charge is -2.21. The molecule has 0 saturated carbocycles. The van der Waals surface area contributed by atoms with Crippen LogP contribution < -0.4 is 9.18 Å². The molecule has 0 saturated heterocycles. The molecule has 8 heteroatoms. The van der Waals surface area contributed by atoms with Crippen molar-refractivity contribution in [3.8, 4) is 0 Å². The number of sulfonamides is 1. The van der Waals surface area contributed by atoms with Gasteiger partial charge in [0.2, 0.25) is 0 Å². The lowest BCUT2D eigenvalue weighted by atomic mass is 10.4. The summed E-state index contributed by atoms with van der Waals surface area (Å²) in [7, 11) is -3.72. The van der Waals surface area contributed by atoms with Crippen molar-refractivity contribution in [3.63, 3.8) is 0 Å². The Hall–Kier alpha value is -1.67. The summed E-state index contributed by atoms with van der Waals surface area (Å²) < 4.78 is 26.4. The van der Waals surface area contributed by atoms with Gasteiger partial charge in [0.1, 0.15) is 0 Å². The van der Waals surface area contributed by atoms with Gasteiger partial charge in [-0.05, 0) is 26.0 Å². The molecule has 1 N–H and O–H groups in total. The number of rotatable bonds is 4. The first kappa shape index (κ1) is 13.8. The highest BCUT2D eigenvalue weighted by atomic mass is 32.2. The van der Waals surface area contributed by atoms with Crippen LogP contribution in [0.25, 0.3) is 0 Å². The molecular formula is C11H13N3O3S2. The summed E-state index contributed by atoms with van der Waals surface area (Å²) >= 11 is 0.703. The number of pyridine rings is 1. The molecule has 0 aliphatic heterocycles. The Morgan fingerprint density at radius 3 is 2.47 bits per heavy atom. The smallest absolute Gasteiger partial charge is 0.306 e. The van der Waals surface area contributed by atoms with Gasteiger partial charge in [0.25, 0.3) is 10.0 Å². The Labute approximate surface area is 114 Å². The van der Waals surface area contributed by atoms with Gasteiger partial charge >= 0.3 is 4.87 Å². The van der Waals surface area contributed by atoms with Crippen molar-refractivity contribution in [1.29, 1.82) is 0 Å². The molecule has 6 nitrogen and oxygen atoms in total. The van der Waals surface area contributed by atoms with E-state index in [2.05, 4.69) is 9.97 Å². The number of aromatic nitrogens is 2. The lowest BCUT2D eigenvalue weighted by Crippen LogP contribution is -2.30. The minimum absolute atomic E-state index is 0.0520. The monoisotopic (exact) mass is 299 g/mol. The maximum absolute atomic E-state index is 12.6. The van der Waals surface area contributed by atoms with Crippen LogP contribution >= 0.6 is 11.3 Å². The number of hydrogen-bond acceptors (Lipinski definition) is 5. The highest BCUT2D eigenvalue weighted by Gasteiger charge is 2.27. The van der Waals surface area contributed by atoms with Crippen LogP contribution in [0.5, 0.6) is 0 Å². The van der Waals surface area contributed by atoms with Gasteiger partial charge in [0.15, 0.2) is 4.21 Å². The van der Waals surface area contributed by atoms with E-state index in [-0.39, 0.29) is 15.6 Å². The first-order chi connectivity index (χ1) is 8.96. The molecule has 0 spiro atoms. The Balaban J connectivity index is 2.54. The van der Waals surface area contributed by atoms with Crippen LogP contribution in [0.2, 0.25) is 0 Å². The summed E-state index contributed by atoms with van der Waals surface area (Å²) in [5.41, 5.74) is 0.889. The topological polar surface area (TPSA) is 83.1 Å². The summed E-state index contributed by atoms with van der Waals surface area (Å²) in [4.78, 5) is 17.3. The quantitative estimate of drug-likeness (QED) is 0.924. The molecule has 0 aliphatic carbocycles. The molecular weight excluding hydrogens is 286 g/mol. The molecule has 0 aliphatic rings. The number of anilines is 1. The van der Waals surface area contributed by atoms with Crippen molar-refractivity contribution >= 4 is 27.0 Å². The minimum Gasteiger partial charge on any atom is -0.315 e. The van der Waals surface area contributed by atoms with E-state index in [1.54, 1.807) is 26.0 Å². The molecule has 2 aromatic heterocycles. The van der Waals surface area contributed by atoms with Crippen molar-refractivity contribution in [2.24, 2.45) is 0 Å². The van der Waals surface area contributed by atoms with E-state index < -0.39 is 10.0 Å². The Morgan fingerprint density at radius 1 is 1.37 bits per heavy atom. The third-order valence-corrected chi connectivity index (χ3v) is 6.03. The second-order valence-electron chi connectivity index (χ2n) is 3.80. The van der Waals surface area contributed by atoms with Gasteiger partial charge in [0, 0.05) is 24.6 Å². The molecule has 0 amide bonds. The van der Waals surface area contributed by atoms with Crippen molar-refractivity contribution in [1.82, 2.24) is 9.97 Å². The minimum atomic E-state index is -3.72. The average molecular weight is 299 g/mol. The normalized spacial score (nSPS) is 11.5. The fourth-order valence-electron chi connectivity index (χ4n) is 1.74. The van der Waals surface area contributed by atoms with Crippen LogP contribution in [0.4, 0.5) is 5.69 Å². The molecule has 0 aromatic carbocycles. The van der Waals surface area contributed by atoms with Gasteiger partial charge in [-0.3, -0.25) is 14.1 Å². The largest absolute Gasteiger partial charge is 0.315 e. The van der Waals surface area contributed by atoms with Crippen LogP contribution in [-0.4, -0.2) is 24.9 Å². The Kier molecular flexibility index (Phi) is 3.72. The summed E-state index contributed by atoms with van der Waals surface area (Å²) in [5.74, 6) is 0. The van der Waals surface area contributed by atoms with E-state index in [1.807, 2.05) is 0 Å². The van der Waals surface area contributed by atoms with Gasteiger partial charge in [-0.25, -0.2) is 8.42 Å². The first-order valence-corrected chi connectivity index (χ1v) is 7.85. The maximum Gasteiger partial charge on any atom is 0.306 e. The number of nitrogens with zero attached hydrogens (tertiary/aromatic N) is 2. The number of aromatic amines is 1. The molecule has 2 heterocycles. The zero-order chi connectivity index (χ0) is 14.0. The van der Waals surface area contributed by atoms with E-state index >= 15 is 0 Å². The number of aryl methyl sites for hydroxylation is 1. The van der Waals surface area contributed by atoms with Crippen LogP contribution in [0.15, 0.2) is 33.5 Å². The zero-order valence-electron chi connectivity index (χ0n) is 10.5. The molecule has 0 atom stereocenters. The highest BCUT2D eigenvalue weighted by Crippen LogP contribution is 2.25.